The lowest BCUT2D eigenvalue weighted by atomic mass is 10.2. The van der Waals surface area contributed by atoms with Crippen molar-refractivity contribution < 1.29 is 23.1 Å². The molecule has 0 aliphatic carbocycles. The van der Waals surface area contributed by atoms with Crippen molar-refractivity contribution in [3.63, 3.8) is 0 Å². The highest BCUT2D eigenvalue weighted by Gasteiger charge is 2.15. The molecule has 26 heavy (non-hydrogen) atoms. The van der Waals surface area contributed by atoms with Gasteiger partial charge in [-0.2, -0.15) is 0 Å². The van der Waals surface area contributed by atoms with E-state index >= 15 is 0 Å². The lowest BCUT2D eigenvalue weighted by molar-refractivity contribution is 0.0522. The zero-order valence-electron chi connectivity index (χ0n) is 13.8. The van der Waals surface area contributed by atoms with Crippen molar-refractivity contribution >= 4 is 28.5 Å². The molecule has 7 heteroatoms. The van der Waals surface area contributed by atoms with Crippen molar-refractivity contribution in [1.82, 2.24) is 0 Å². The average Bonchev–Trinajstić information content (AvgIpc) is 2.60. The van der Waals surface area contributed by atoms with Crippen LogP contribution in [0.5, 0.6) is 5.75 Å². The molecule has 1 heterocycles. The number of carbonyl (C=O) groups excluding carboxylic acids is 1. The van der Waals surface area contributed by atoms with Gasteiger partial charge in [0.25, 0.3) is 0 Å². The molecule has 0 aliphatic rings. The first-order valence-electron chi connectivity index (χ1n) is 7.80. The molecule has 0 saturated heterocycles. The number of benzene rings is 2. The predicted octanol–water partition coefficient (Wildman–Crippen LogP) is 4.34. The van der Waals surface area contributed by atoms with Crippen molar-refractivity contribution in [3.05, 3.63) is 74.9 Å². The molecule has 0 atom stereocenters. The van der Waals surface area contributed by atoms with Crippen LogP contribution >= 0.6 is 11.6 Å². The Balaban J connectivity index is 1.87. The van der Waals surface area contributed by atoms with E-state index in [-0.39, 0.29) is 34.9 Å². The number of ether oxygens (including phenoxy) is 2. The zero-order chi connectivity index (χ0) is 18.7. The van der Waals surface area contributed by atoms with Crippen LogP contribution in [0.15, 0.2) is 51.7 Å². The Morgan fingerprint density at radius 3 is 2.77 bits per heavy atom. The van der Waals surface area contributed by atoms with E-state index in [9.17, 15) is 14.0 Å². The molecule has 0 N–H and O–H groups in total. The molecule has 3 aromatic rings. The van der Waals surface area contributed by atoms with E-state index < -0.39 is 17.4 Å². The zero-order valence-corrected chi connectivity index (χ0v) is 14.5. The Bertz CT molecular complexity index is 1010. The Labute approximate surface area is 152 Å². The SMILES string of the molecule is CCOC(=O)c1cc2ccc(OCc3c(F)cccc3Cl)cc2oc1=O. The number of carbonyl (C=O) groups is 1. The maximum Gasteiger partial charge on any atom is 0.351 e. The molecule has 0 spiro atoms. The lowest BCUT2D eigenvalue weighted by Gasteiger charge is -2.09. The molecule has 1 aromatic heterocycles. The summed E-state index contributed by atoms with van der Waals surface area (Å²) in [7, 11) is 0. The fourth-order valence-electron chi connectivity index (χ4n) is 2.36. The summed E-state index contributed by atoms with van der Waals surface area (Å²) in [6.45, 7) is 1.72. The van der Waals surface area contributed by atoms with E-state index in [2.05, 4.69) is 0 Å². The number of fused-ring (bicyclic) bond motifs is 1. The van der Waals surface area contributed by atoms with Gasteiger partial charge in [0.1, 0.15) is 29.3 Å². The van der Waals surface area contributed by atoms with Crippen molar-refractivity contribution in [2.24, 2.45) is 0 Å². The third-order valence-corrected chi connectivity index (χ3v) is 4.00. The molecule has 0 saturated carbocycles. The Morgan fingerprint density at radius 2 is 2.04 bits per heavy atom. The largest absolute Gasteiger partial charge is 0.489 e. The van der Waals surface area contributed by atoms with Gasteiger partial charge in [-0.3, -0.25) is 0 Å². The van der Waals surface area contributed by atoms with Crippen LogP contribution in [0.3, 0.4) is 0 Å². The topological polar surface area (TPSA) is 65.7 Å². The van der Waals surface area contributed by atoms with E-state index in [1.807, 2.05) is 0 Å². The summed E-state index contributed by atoms with van der Waals surface area (Å²) in [5.41, 5.74) is -0.509. The number of hydrogen-bond donors (Lipinski definition) is 0. The van der Waals surface area contributed by atoms with Crippen LogP contribution in [-0.4, -0.2) is 12.6 Å². The highest BCUT2D eigenvalue weighted by Crippen LogP contribution is 2.24. The predicted molar refractivity (Wildman–Crippen MR) is 94.2 cm³/mol. The number of esters is 1. The van der Waals surface area contributed by atoms with Gasteiger partial charge in [0, 0.05) is 17.0 Å². The summed E-state index contributed by atoms with van der Waals surface area (Å²) in [6, 6.07) is 10.5. The minimum Gasteiger partial charge on any atom is -0.489 e. The normalized spacial score (nSPS) is 10.7. The summed E-state index contributed by atoms with van der Waals surface area (Å²) in [5, 5.41) is 0.792. The molecule has 3 rings (SSSR count). The highest BCUT2D eigenvalue weighted by molar-refractivity contribution is 6.31. The molecular formula is C19H14ClFO5. The van der Waals surface area contributed by atoms with Crippen molar-refractivity contribution in [2.45, 2.75) is 13.5 Å². The first-order chi connectivity index (χ1) is 12.5. The minimum atomic E-state index is -0.801. The second-order valence-electron chi connectivity index (χ2n) is 5.36. The van der Waals surface area contributed by atoms with E-state index in [0.29, 0.717) is 11.1 Å². The average molecular weight is 377 g/mol. The third kappa shape index (κ3) is 3.70. The molecule has 5 nitrogen and oxygen atoms in total. The maximum absolute atomic E-state index is 13.8. The fourth-order valence-corrected chi connectivity index (χ4v) is 2.58. The van der Waals surface area contributed by atoms with Crippen LogP contribution in [0.1, 0.15) is 22.8 Å². The van der Waals surface area contributed by atoms with E-state index in [1.165, 1.54) is 24.3 Å². The molecule has 0 bridgehead atoms. The number of rotatable bonds is 5. The third-order valence-electron chi connectivity index (χ3n) is 3.65. The summed E-state index contributed by atoms with van der Waals surface area (Å²) in [6.07, 6.45) is 0. The van der Waals surface area contributed by atoms with Crippen LogP contribution in [0, 0.1) is 5.82 Å². The van der Waals surface area contributed by atoms with Crippen LogP contribution in [0.25, 0.3) is 11.0 Å². The van der Waals surface area contributed by atoms with Gasteiger partial charge >= 0.3 is 11.6 Å². The standard InChI is InChI=1S/C19H14ClFO5/c1-2-24-18(22)13-8-11-6-7-12(9-17(11)26-19(13)23)25-10-14-15(20)4-3-5-16(14)21/h3-9H,2,10H2,1H3. The summed E-state index contributed by atoms with van der Waals surface area (Å²) < 4.78 is 29.3. The van der Waals surface area contributed by atoms with Gasteiger partial charge < -0.3 is 13.9 Å². The Hall–Kier alpha value is -2.86. The molecule has 2 aromatic carbocycles. The van der Waals surface area contributed by atoms with Crippen molar-refractivity contribution in [3.8, 4) is 5.75 Å². The van der Waals surface area contributed by atoms with E-state index in [1.54, 1.807) is 25.1 Å². The van der Waals surface area contributed by atoms with Crippen LogP contribution < -0.4 is 10.4 Å². The molecular weight excluding hydrogens is 363 g/mol. The van der Waals surface area contributed by atoms with Gasteiger partial charge in [-0.05, 0) is 37.3 Å². The second-order valence-corrected chi connectivity index (χ2v) is 5.76. The van der Waals surface area contributed by atoms with Gasteiger partial charge in [-0.25, -0.2) is 14.0 Å². The van der Waals surface area contributed by atoms with Gasteiger partial charge in [0.05, 0.1) is 11.6 Å². The molecule has 134 valence electrons. The number of halogens is 2. The Morgan fingerprint density at radius 1 is 1.23 bits per heavy atom. The van der Waals surface area contributed by atoms with Gasteiger partial charge in [0.15, 0.2) is 0 Å². The monoisotopic (exact) mass is 376 g/mol. The Kier molecular flexibility index (Phi) is 5.23. The smallest absolute Gasteiger partial charge is 0.351 e. The van der Waals surface area contributed by atoms with Crippen LogP contribution in [0.4, 0.5) is 4.39 Å². The fraction of sp³-hybridized carbons (Fsp3) is 0.158. The molecule has 0 amide bonds. The summed E-state index contributed by atoms with van der Waals surface area (Å²) >= 11 is 5.96. The quantitative estimate of drug-likeness (QED) is 0.489. The maximum atomic E-state index is 13.8. The summed E-state index contributed by atoms with van der Waals surface area (Å²) in [5.74, 6) is -0.842. The number of hydrogen-bond acceptors (Lipinski definition) is 5. The molecule has 0 radical (unpaired) electrons. The van der Waals surface area contributed by atoms with Crippen molar-refractivity contribution in [2.75, 3.05) is 6.61 Å². The first-order valence-corrected chi connectivity index (χ1v) is 8.18. The summed E-state index contributed by atoms with van der Waals surface area (Å²) in [4.78, 5) is 23.7. The van der Waals surface area contributed by atoms with E-state index in [0.717, 1.165) is 0 Å². The first kappa shape index (κ1) is 17.9. The van der Waals surface area contributed by atoms with Gasteiger partial charge in [-0.15, -0.1) is 0 Å². The lowest BCUT2D eigenvalue weighted by Crippen LogP contribution is -2.16. The highest BCUT2D eigenvalue weighted by atomic mass is 35.5. The molecule has 0 fully saturated rings. The minimum absolute atomic E-state index is 0.0812. The second kappa shape index (κ2) is 7.58. The molecule has 0 unspecified atom stereocenters. The van der Waals surface area contributed by atoms with Crippen molar-refractivity contribution in [1.29, 1.82) is 0 Å². The van der Waals surface area contributed by atoms with Crippen LogP contribution in [0.2, 0.25) is 5.02 Å². The molecule has 0 aliphatic heterocycles. The van der Waals surface area contributed by atoms with Gasteiger partial charge in [-0.1, -0.05) is 17.7 Å². The van der Waals surface area contributed by atoms with E-state index in [4.69, 9.17) is 25.5 Å². The van der Waals surface area contributed by atoms with Crippen LogP contribution in [-0.2, 0) is 11.3 Å². The van der Waals surface area contributed by atoms with Gasteiger partial charge in [0.2, 0.25) is 0 Å².